The lowest BCUT2D eigenvalue weighted by Gasteiger charge is -2.18. The van der Waals surface area contributed by atoms with Crippen molar-refractivity contribution < 1.29 is 9.21 Å². The summed E-state index contributed by atoms with van der Waals surface area (Å²) in [6, 6.07) is 15.4. The summed E-state index contributed by atoms with van der Waals surface area (Å²) in [4.78, 5) is 19.0. The quantitative estimate of drug-likeness (QED) is 0.695. The highest BCUT2D eigenvalue weighted by Gasteiger charge is 2.12. The van der Waals surface area contributed by atoms with Crippen molar-refractivity contribution in [2.75, 3.05) is 23.3 Å². The minimum Gasteiger partial charge on any atom is -0.467 e. The summed E-state index contributed by atoms with van der Waals surface area (Å²) in [5, 5.41) is 6.10. The monoisotopic (exact) mass is 362 g/mol. The maximum Gasteiger partial charge on any atom is 0.251 e. The Morgan fingerprint density at radius 3 is 2.67 bits per heavy atom. The number of aromatic nitrogens is 1. The van der Waals surface area contributed by atoms with Crippen LogP contribution in [0.25, 0.3) is 0 Å². The third-order valence-electron chi connectivity index (χ3n) is 4.64. The third kappa shape index (κ3) is 4.28. The maximum atomic E-state index is 12.3. The molecule has 1 saturated heterocycles. The molecule has 27 heavy (non-hydrogen) atoms. The number of nitrogens with one attached hydrogen (secondary N) is 2. The second-order valence-electron chi connectivity index (χ2n) is 6.56. The molecular weight excluding hydrogens is 340 g/mol. The molecule has 0 atom stereocenters. The van der Waals surface area contributed by atoms with Gasteiger partial charge in [0.1, 0.15) is 11.6 Å². The maximum absolute atomic E-state index is 12.3. The fourth-order valence-electron chi connectivity index (χ4n) is 3.20. The zero-order chi connectivity index (χ0) is 18.5. The van der Waals surface area contributed by atoms with E-state index in [0.717, 1.165) is 18.8 Å². The van der Waals surface area contributed by atoms with Gasteiger partial charge in [0.2, 0.25) is 0 Å². The molecule has 0 spiro atoms. The van der Waals surface area contributed by atoms with Crippen LogP contribution in [0.2, 0.25) is 0 Å². The van der Waals surface area contributed by atoms with Crippen molar-refractivity contribution in [3.63, 3.8) is 0 Å². The molecule has 2 N–H and O–H groups in total. The van der Waals surface area contributed by atoms with Gasteiger partial charge in [-0.2, -0.15) is 0 Å². The van der Waals surface area contributed by atoms with Crippen molar-refractivity contribution in [2.45, 2.75) is 19.4 Å². The van der Waals surface area contributed by atoms with Crippen molar-refractivity contribution in [3.05, 3.63) is 72.3 Å². The van der Waals surface area contributed by atoms with Gasteiger partial charge in [0, 0.05) is 36.2 Å². The van der Waals surface area contributed by atoms with Crippen LogP contribution in [0.5, 0.6) is 0 Å². The van der Waals surface area contributed by atoms with Crippen LogP contribution in [0.1, 0.15) is 29.0 Å². The number of carbonyl (C=O) groups excluding carboxylic acids is 1. The lowest BCUT2D eigenvalue weighted by Crippen LogP contribution is -2.22. The van der Waals surface area contributed by atoms with E-state index in [1.807, 2.05) is 18.2 Å². The van der Waals surface area contributed by atoms with Crippen LogP contribution in [0, 0.1) is 0 Å². The first-order chi connectivity index (χ1) is 13.3. The second-order valence-corrected chi connectivity index (χ2v) is 6.56. The minimum atomic E-state index is -0.166. The molecule has 138 valence electrons. The van der Waals surface area contributed by atoms with Crippen LogP contribution in [-0.4, -0.2) is 24.0 Å². The first-order valence-corrected chi connectivity index (χ1v) is 9.16. The zero-order valence-electron chi connectivity index (χ0n) is 15.0. The molecule has 6 nitrogen and oxygen atoms in total. The number of rotatable bonds is 6. The lowest BCUT2D eigenvalue weighted by atomic mass is 10.2. The van der Waals surface area contributed by atoms with Gasteiger partial charge >= 0.3 is 0 Å². The van der Waals surface area contributed by atoms with Gasteiger partial charge in [0.05, 0.1) is 12.8 Å². The van der Waals surface area contributed by atoms with E-state index in [9.17, 15) is 4.79 Å². The standard InChI is InChI=1S/C21H22N4O2/c26-21(23-15-19-4-3-13-27-19)16-9-10-22-20(14-16)24-17-5-7-18(8-6-17)25-11-1-2-12-25/h3-10,13-14H,1-2,11-12,15H2,(H,22,24)(H,23,26). The first kappa shape index (κ1) is 17.1. The van der Waals surface area contributed by atoms with Crippen molar-refractivity contribution in [1.29, 1.82) is 0 Å². The summed E-state index contributed by atoms with van der Waals surface area (Å²) in [7, 11) is 0. The SMILES string of the molecule is O=C(NCc1ccco1)c1ccnc(Nc2ccc(N3CCCC3)cc2)c1. The highest BCUT2D eigenvalue weighted by molar-refractivity contribution is 5.94. The molecule has 1 aliphatic rings. The number of anilines is 3. The molecule has 1 amide bonds. The van der Waals surface area contributed by atoms with Crippen LogP contribution in [0.3, 0.4) is 0 Å². The minimum absolute atomic E-state index is 0.166. The van der Waals surface area contributed by atoms with E-state index in [1.165, 1.54) is 18.5 Å². The van der Waals surface area contributed by atoms with Crippen molar-refractivity contribution in [3.8, 4) is 0 Å². The number of hydrogen-bond donors (Lipinski definition) is 2. The van der Waals surface area contributed by atoms with Crippen molar-refractivity contribution >= 4 is 23.1 Å². The van der Waals surface area contributed by atoms with Gasteiger partial charge in [0.15, 0.2) is 0 Å². The normalized spacial score (nSPS) is 13.6. The molecule has 0 aliphatic carbocycles. The molecule has 0 unspecified atom stereocenters. The summed E-state index contributed by atoms with van der Waals surface area (Å²) in [5.41, 5.74) is 2.74. The number of benzene rings is 1. The lowest BCUT2D eigenvalue weighted by molar-refractivity contribution is 0.0948. The van der Waals surface area contributed by atoms with Crippen LogP contribution in [-0.2, 0) is 6.54 Å². The number of carbonyl (C=O) groups is 1. The number of nitrogens with zero attached hydrogens (tertiary/aromatic N) is 2. The highest BCUT2D eigenvalue weighted by atomic mass is 16.3. The molecule has 2 aromatic heterocycles. The van der Waals surface area contributed by atoms with Crippen LogP contribution < -0.4 is 15.5 Å². The van der Waals surface area contributed by atoms with Crippen LogP contribution >= 0.6 is 0 Å². The van der Waals surface area contributed by atoms with Crippen LogP contribution in [0.4, 0.5) is 17.2 Å². The molecular formula is C21H22N4O2. The summed E-state index contributed by atoms with van der Waals surface area (Å²) in [6.45, 7) is 2.61. The largest absolute Gasteiger partial charge is 0.467 e. The topological polar surface area (TPSA) is 70.4 Å². The molecule has 0 bridgehead atoms. The Bertz CT molecular complexity index is 885. The van der Waals surface area contributed by atoms with Gasteiger partial charge in [-0.15, -0.1) is 0 Å². The Balaban J connectivity index is 1.39. The summed E-state index contributed by atoms with van der Waals surface area (Å²) in [6.07, 6.45) is 5.74. The van der Waals surface area contributed by atoms with E-state index in [-0.39, 0.29) is 5.91 Å². The number of pyridine rings is 1. The predicted octanol–water partition coefficient (Wildman–Crippen LogP) is 3.95. The molecule has 0 saturated carbocycles. The van der Waals surface area contributed by atoms with E-state index < -0.39 is 0 Å². The molecule has 1 fully saturated rings. The molecule has 1 aromatic carbocycles. The Morgan fingerprint density at radius 2 is 1.93 bits per heavy atom. The van der Waals surface area contributed by atoms with Gasteiger partial charge in [-0.3, -0.25) is 4.79 Å². The van der Waals surface area contributed by atoms with Gasteiger partial charge in [-0.05, 0) is 61.4 Å². The number of amides is 1. The van der Waals surface area contributed by atoms with Gasteiger partial charge < -0.3 is 20.0 Å². The van der Waals surface area contributed by atoms with E-state index in [2.05, 4.69) is 32.7 Å². The number of furan rings is 1. The highest BCUT2D eigenvalue weighted by Crippen LogP contribution is 2.23. The Hall–Kier alpha value is -3.28. The molecule has 4 rings (SSSR count). The fraction of sp³-hybridized carbons (Fsp3) is 0.238. The molecule has 1 aliphatic heterocycles. The molecule has 3 aromatic rings. The summed E-state index contributed by atoms with van der Waals surface area (Å²) in [5.74, 6) is 1.18. The van der Waals surface area contributed by atoms with Crippen LogP contribution in [0.15, 0.2) is 65.4 Å². The average molecular weight is 362 g/mol. The Morgan fingerprint density at radius 1 is 1.11 bits per heavy atom. The van der Waals surface area contributed by atoms with E-state index >= 15 is 0 Å². The number of hydrogen-bond acceptors (Lipinski definition) is 5. The summed E-state index contributed by atoms with van der Waals surface area (Å²) < 4.78 is 5.23. The average Bonchev–Trinajstić information content (AvgIpc) is 3.41. The first-order valence-electron chi connectivity index (χ1n) is 9.16. The van der Waals surface area contributed by atoms with E-state index in [4.69, 9.17) is 4.42 Å². The molecule has 3 heterocycles. The zero-order valence-corrected chi connectivity index (χ0v) is 15.0. The molecule has 0 radical (unpaired) electrons. The van der Waals surface area contributed by atoms with Crippen molar-refractivity contribution in [1.82, 2.24) is 10.3 Å². The predicted molar refractivity (Wildman–Crippen MR) is 105 cm³/mol. The van der Waals surface area contributed by atoms with E-state index in [1.54, 1.807) is 30.7 Å². The van der Waals surface area contributed by atoms with Gasteiger partial charge in [0.25, 0.3) is 5.91 Å². The van der Waals surface area contributed by atoms with E-state index in [0.29, 0.717) is 23.7 Å². The van der Waals surface area contributed by atoms with Crippen molar-refractivity contribution in [2.24, 2.45) is 0 Å². The summed E-state index contributed by atoms with van der Waals surface area (Å²) >= 11 is 0. The Kier molecular flexibility index (Phi) is 5.05. The smallest absolute Gasteiger partial charge is 0.251 e. The second kappa shape index (κ2) is 7.95. The van der Waals surface area contributed by atoms with Gasteiger partial charge in [-0.25, -0.2) is 4.98 Å². The fourth-order valence-corrected chi connectivity index (χ4v) is 3.20. The molecule has 6 heteroatoms. The van der Waals surface area contributed by atoms with Gasteiger partial charge in [-0.1, -0.05) is 0 Å². The Labute approximate surface area is 158 Å². The third-order valence-corrected chi connectivity index (χ3v) is 4.64.